The summed E-state index contributed by atoms with van der Waals surface area (Å²) in [5.74, 6) is 0.958. The number of amides is 1. The van der Waals surface area contributed by atoms with Gasteiger partial charge < -0.3 is 10.1 Å². The predicted molar refractivity (Wildman–Crippen MR) is 117 cm³/mol. The highest BCUT2D eigenvalue weighted by Gasteiger charge is 2.42. The fourth-order valence-corrected chi connectivity index (χ4v) is 4.64. The van der Waals surface area contributed by atoms with Crippen LogP contribution in [-0.2, 0) is 10.2 Å². The summed E-state index contributed by atoms with van der Waals surface area (Å²) in [5, 5.41) is 3.87. The molecule has 2 aromatic carbocycles. The number of hydrogen-bond donors (Lipinski definition) is 1. The van der Waals surface area contributed by atoms with Crippen LogP contribution in [0, 0.1) is 13.8 Å². The Labute approximate surface area is 173 Å². The van der Waals surface area contributed by atoms with Gasteiger partial charge in [-0.2, -0.15) is 0 Å². The quantitative estimate of drug-likeness (QED) is 0.595. The number of rotatable bonds is 6. The molecule has 0 saturated heterocycles. The minimum absolute atomic E-state index is 0.0429. The van der Waals surface area contributed by atoms with E-state index >= 15 is 0 Å². The van der Waals surface area contributed by atoms with Gasteiger partial charge >= 0.3 is 0 Å². The van der Waals surface area contributed by atoms with Crippen molar-refractivity contribution in [2.75, 3.05) is 11.9 Å². The van der Waals surface area contributed by atoms with Crippen LogP contribution in [0.5, 0.6) is 5.75 Å². The maximum Gasteiger partial charge on any atom is 0.235 e. The Hall–Kier alpha value is -2.00. The Balaban J connectivity index is 1.90. The molecule has 0 heterocycles. The first-order valence-electron chi connectivity index (χ1n) is 10.3. The highest BCUT2D eigenvalue weighted by Crippen LogP contribution is 2.43. The number of carbonyl (C=O) groups is 1. The average molecular weight is 400 g/mol. The van der Waals surface area contributed by atoms with Crippen molar-refractivity contribution in [3.63, 3.8) is 0 Å². The van der Waals surface area contributed by atoms with Gasteiger partial charge in [0.2, 0.25) is 5.91 Å². The number of halogens is 1. The van der Waals surface area contributed by atoms with Crippen molar-refractivity contribution in [2.45, 2.75) is 64.7 Å². The lowest BCUT2D eigenvalue weighted by molar-refractivity contribution is -0.122. The summed E-state index contributed by atoms with van der Waals surface area (Å²) in [7, 11) is 0. The second-order valence-corrected chi connectivity index (χ2v) is 8.27. The van der Waals surface area contributed by atoms with Crippen LogP contribution in [0.1, 0.15) is 62.1 Å². The molecule has 0 aliphatic heterocycles. The first-order chi connectivity index (χ1) is 13.5. The van der Waals surface area contributed by atoms with E-state index in [9.17, 15) is 4.79 Å². The number of nitrogens with one attached hydrogen (secondary N) is 1. The molecule has 1 saturated carbocycles. The fraction of sp³-hybridized carbons (Fsp3) is 0.458. The molecule has 0 atom stereocenters. The monoisotopic (exact) mass is 399 g/mol. The Morgan fingerprint density at radius 3 is 2.36 bits per heavy atom. The molecule has 1 aliphatic carbocycles. The van der Waals surface area contributed by atoms with Gasteiger partial charge in [0.1, 0.15) is 5.75 Å². The van der Waals surface area contributed by atoms with Crippen LogP contribution in [0.15, 0.2) is 36.4 Å². The maximum absolute atomic E-state index is 13.5. The number of anilines is 1. The molecule has 0 spiro atoms. The van der Waals surface area contributed by atoms with E-state index in [0.717, 1.165) is 60.2 Å². The lowest BCUT2D eigenvalue weighted by Crippen LogP contribution is -2.42. The van der Waals surface area contributed by atoms with Crippen LogP contribution < -0.4 is 10.1 Å². The summed E-state index contributed by atoms with van der Waals surface area (Å²) in [6.45, 7) is 6.84. The molecule has 0 aromatic heterocycles. The summed E-state index contributed by atoms with van der Waals surface area (Å²) in [6.07, 6.45) is 5.89. The van der Waals surface area contributed by atoms with Crippen LogP contribution in [0.3, 0.4) is 0 Å². The van der Waals surface area contributed by atoms with Gasteiger partial charge in [0.05, 0.1) is 12.0 Å². The number of carbonyl (C=O) groups excluding carboxylic acids is 1. The Kier molecular flexibility index (Phi) is 6.66. The normalized spacial score (nSPS) is 15.9. The zero-order chi connectivity index (χ0) is 20.1. The van der Waals surface area contributed by atoms with Gasteiger partial charge in [0, 0.05) is 10.7 Å². The Morgan fingerprint density at radius 1 is 1.11 bits per heavy atom. The molecule has 1 N–H and O–H groups in total. The highest BCUT2D eigenvalue weighted by molar-refractivity contribution is 6.31. The molecule has 0 unspecified atom stereocenters. The smallest absolute Gasteiger partial charge is 0.235 e. The molecule has 2 aromatic rings. The molecular weight excluding hydrogens is 370 g/mol. The van der Waals surface area contributed by atoms with E-state index in [2.05, 4.69) is 12.2 Å². The first-order valence-corrected chi connectivity index (χ1v) is 10.7. The van der Waals surface area contributed by atoms with E-state index in [1.807, 2.05) is 50.2 Å². The molecule has 1 amide bonds. The topological polar surface area (TPSA) is 38.3 Å². The van der Waals surface area contributed by atoms with Crippen LogP contribution in [0.25, 0.3) is 0 Å². The van der Waals surface area contributed by atoms with Crippen molar-refractivity contribution in [3.8, 4) is 5.75 Å². The number of hydrogen-bond acceptors (Lipinski definition) is 2. The lowest BCUT2D eigenvalue weighted by atomic mass is 9.68. The zero-order valence-corrected chi connectivity index (χ0v) is 17.9. The van der Waals surface area contributed by atoms with Gasteiger partial charge in [-0.15, -0.1) is 0 Å². The third-order valence-corrected chi connectivity index (χ3v) is 6.03. The molecule has 0 radical (unpaired) electrons. The predicted octanol–water partition coefficient (Wildman–Crippen LogP) is 6.59. The Morgan fingerprint density at radius 2 is 1.75 bits per heavy atom. The van der Waals surface area contributed by atoms with E-state index in [1.165, 1.54) is 6.42 Å². The van der Waals surface area contributed by atoms with Crippen LogP contribution in [-0.4, -0.2) is 12.5 Å². The van der Waals surface area contributed by atoms with Crippen molar-refractivity contribution in [3.05, 3.63) is 58.1 Å². The van der Waals surface area contributed by atoms with E-state index in [1.54, 1.807) is 0 Å². The van der Waals surface area contributed by atoms with E-state index in [0.29, 0.717) is 11.6 Å². The summed E-state index contributed by atoms with van der Waals surface area (Å²) in [6, 6.07) is 11.8. The average Bonchev–Trinajstić information content (AvgIpc) is 2.68. The summed E-state index contributed by atoms with van der Waals surface area (Å²) in [4.78, 5) is 13.5. The summed E-state index contributed by atoms with van der Waals surface area (Å²) in [5.41, 5.74) is 3.29. The van der Waals surface area contributed by atoms with E-state index in [4.69, 9.17) is 16.3 Å². The maximum atomic E-state index is 13.5. The number of benzene rings is 2. The second kappa shape index (κ2) is 9.00. The van der Waals surface area contributed by atoms with Gasteiger partial charge in [-0.1, -0.05) is 56.0 Å². The summed E-state index contributed by atoms with van der Waals surface area (Å²) >= 11 is 6.52. The molecular formula is C24H30ClNO2. The Bertz CT molecular complexity index is 817. The molecule has 3 rings (SSSR count). The van der Waals surface area contributed by atoms with Crippen LogP contribution in [0.2, 0.25) is 5.02 Å². The van der Waals surface area contributed by atoms with Gasteiger partial charge in [-0.05, 0) is 68.0 Å². The van der Waals surface area contributed by atoms with Gasteiger partial charge in [0.15, 0.2) is 0 Å². The van der Waals surface area contributed by atoms with Crippen LogP contribution >= 0.6 is 11.6 Å². The SMILES string of the molecule is CCCOc1c(C)cc(NC(=O)C2(c3ccccc3Cl)CCCCC2)cc1C. The molecule has 3 nitrogen and oxygen atoms in total. The zero-order valence-electron chi connectivity index (χ0n) is 17.1. The molecule has 0 bridgehead atoms. The summed E-state index contributed by atoms with van der Waals surface area (Å²) < 4.78 is 5.87. The van der Waals surface area contributed by atoms with Crippen molar-refractivity contribution in [2.24, 2.45) is 0 Å². The third-order valence-electron chi connectivity index (χ3n) is 5.70. The largest absolute Gasteiger partial charge is 0.493 e. The van der Waals surface area contributed by atoms with Crippen molar-refractivity contribution >= 4 is 23.2 Å². The first kappa shape index (κ1) is 20.7. The lowest BCUT2D eigenvalue weighted by Gasteiger charge is -2.37. The molecule has 150 valence electrons. The molecule has 28 heavy (non-hydrogen) atoms. The van der Waals surface area contributed by atoms with E-state index in [-0.39, 0.29) is 5.91 Å². The van der Waals surface area contributed by atoms with Crippen molar-refractivity contribution in [1.82, 2.24) is 0 Å². The van der Waals surface area contributed by atoms with Gasteiger partial charge in [-0.3, -0.25) is 4.79 Å². The highest BCUT2D eigenvalue weighted by atomic mass is 35.5. The van der Waals surface area contributed by atoms with Gasteiger partial charge in [-0.25, -0.2) is 0 Å². The van der Waals surface area contributed by atoms with E-state index < -0.39 is 5.41 Å². The fourth-order valence-electron chi connectivity index (χ4n) is 4.33. The number of aryl methyl sites for hydroxylation is 2. The van der Waals surface area contributed by atoms with Gasteiger partial charge in [0.25, 0.3) is 0 Å². The molecule has 1 fully saturated rings. The number of ether oxygens (including phenoxy) is 1. The van der Waals surface area contributed by atoms with Crippen molar-refractivity contribution < 1.29 is 9.53 Å². The van der Waals surface area contributed by atoms with Crippen molar-refractivity contribution in [1.29, 1.82) is 0 Å². The minimum atomic E-state index is -0.560. The molecule has 4 heteroatoms. The van der Waals surface area contributed by atoms with Crippen LogP contribution in [0.4, 0.5) is 5.69 Å². The third kappa shape index (κ3) is 4.20. The second-order valence-electron chi connectivity index (χ2n) is 7.86. The molecule has 1 aliphatic rings. The minimum Gasteiger partial charge on any atom is -0.493 e. The standard InChI is InChI=1S/C24H30ClNO2/c1-4-14-28-22-17(2)15-19(16-18(22)3)26-23(27)24(12-8-5-9-13-24)20-10-6-7-11-21(20)25/h6-7,10-11,15-16H,4-5,8-9,12-14H2,1-3H3,(H,26,27).